The van der Waals surface area contributed by atoms with E-state index in [1.54, 1.807) is 18.7 Å². The molecule has 8 nitrogen and oxygen atoms in total. The van der Waals surface area contributed by atoms with Crippen molar-refractivity contribution in [1.82, 2.24) is 29.6 Å². The van der Waals surface area contributed by atoms with Crippen molar-refractivity contribution in [3.8, 4) is 0 Å². The number of fused-ring (bicyclic) bond motifs is 1. The van der Waals surface area contributed by atoms with E-state index in [1.807, 2.05) is 0 Å². The molecule has 1 aliphatic rings. The van der Waals surface area contributed by atoms with Gasteiger partial charge < -0.3 is 9.88 Å². The second-order valence-corrected chi connectivity index (χ2v) is 5.45. The fraction of sp³-hybridized carbons (Fsp3) is 0.500. The Morgan fingerprint density at radius 3 is 2.86 bits per heavy atom. The average molecular weight is 302 g/mol. The van der Waals surface area contributed by atoms with Crippen molar-refractivity contribution in [2.45, 2.75) is 32.7 Å². The molecule has 0 aliphatic carbocycles. The third-order valence-electron chi connectivity index (χ3n) is 3.97. The fourth-order valence-electron chi connectivity index (χ4n) is 2.75. The Bertz CT molecular complexity index is 736. The molecule has 0 spiro atoms. The topological polar surface area (TPSA) is 96.8 Å². The van der Waals surface area contributed by atoms with Crippen LogP contribution in [0.1, 0.15) is 30.0 Å². The number of aromatic nitrogens is 5. The second-order valence-electron chi connectivity index (χ2n) is 5.45. The van der Waals surface area contributed by atoms with Gasteiger partial charge in [0, 0.05) is 25.1 Å². The van der Waals surface area contributed by atoms with Crippen LogP contribution in [0.15, 0.2) is 17.4 Å². The molecule has 0 saturated heterocycles. The number of hydrogen-bond donors (Lipinski definition) is 1. The van der Waals surface area contributed by atoms with Crippen LogP contribution in [0.3, 0.4) is 0 Å². The summed E-state index contributed by atoms with van der Waals surface area (Å²) < 4.78 is 1.54. The Kier molecular flexibility index (Phi) is 3.74. The first-order valence-corrected chi connectivity index (χ1v) is 7.28. The third-order valence-corrected chi connectivity index (χ3v) is 3.97. The molecule has 0 bridgehead atoms. The number of hydrogen-bond acceptors (Lipinski definition) is 5. The van der Waals surface area contributed by atoms with Crippen molar-refractivity contribution in [2.75, 3.05) is 13.1 Å². The fourth-order valence-corrected chi connectivity index (χ4v) is 2.75. The number of nitrogens with zero attached hydrogens (tertiary/aromatic N) is 5. The Morgan fingerprint density at radius 2 is 2.14 bits per heavy atom. The predicted molar refractivity (Wildman–Crippen MR) is 78.3 cm³/mol. The standard InChI is InChI=1S/C14H18N6O2/c1-9(20-8-15-7-16-20)14(22)19-5-3-11-12(4-6-19)17-10(2)18-13(11)21/h7-9H,3-6H2,1-2H3,(H,17,18,21). The summed E-state index contributed by atoms with van der Waals surface area (Å²) in [6.07, 6.45) is 4.06. The summed E-state index contributed by atoms with van der Waals surface area (Å²) in [5.41, 5.74) is 1.39. The molecule has 0 fully saturated rings. The summed E-state index contributed by atoms with van der Waals surface area (Å²) in [4.78, 5) is 37.4. The zero-order chi connectivity index (χ0) is 15.7. The van der Waals surface area contributed by atoms with Gasteiger partial charge in [0.25, 0.3) is 5.56 Å². The van der Waals surface area contributed by atoms with Gasteiger partial charge >= 0.3 is 0 Å². The molecule has 8 heteroatoms. The van der Waals surface area contributed by atoms with Crippen LogP contribution in [0.2, 0.25) is 0 Å². The normalized spacial score (nSPS) is 16.0. The Balaban J connectivity index is 1.78. The first-order chi connectivity index (χ1) is 10.6. The van der Waals surface area contributed by atoms with Crippen LogP contribution in [0.25, 0.3) is 0 Å². The number of rotatable bonds is 2. The molecule has 1 N–H and O–H groups in total. The minimum atomic E-state index is -0.406. The average Bonchev–Trinajstić information content (AvgIpc) is 2.93. The molecule has 1 unspecified atom stereocenters. The number of carbonyl (C=O) groups excluding carboxylic acids is 1. The van der Waals surface area contributed by atoms with Crippen molar-refractivity contribution >= 4 is 5.91 Å². The maximum atomic E-state index is 12.6. The SMILES string of the molecule is Cc1nc2c(c(=O)[nH]1)CCN(C(=O)C(C)n1cncn1)CC2. The summed E-state index contributed by atoms with van der Waals surface area (Å²) in [7, 11) is 0. The highest BCUT2D eigenvalue weighted by atomic mass is 16.2. The minimum Gasteiger partial charge on any atom is -0.340 e. The van der Waals surface area contributed by atoms with Gasteiger partial charge in [-0.15, -0.1) is 0 Å². The third kappa shape index (κ3) is 2.63. The van der Waals surface area contributed by atoms with Crippen molar-refractivity contribution < 1.29 is 4.79 Å². The summed E-state index contributed by atoms with van der Waals surface area (Å²) in [6.45, 7) is 4.63. The molecule has 2 aromatic heterocycles. The van der Waals surface area contributed by atoms with E-state index in [1.165, 1.54) is 17.3 Å². The molecule has 22 heavy (non-hydrogen) atoms. The van der Waals surface area contributed by atoms with E-state index >= 15 is 0 Å². The van der Waals surface area contributed by atoms with Gasteiger partial charge in [0.2, 0.25) is 5.91 Å². The first kappa shape index (κ1) is 14.4. The van der Waals surface area contributed by atoms with E-state index in [0.717, 1.165) is 5.69 Å². The van der Waals surface area contributed by atoms with Gasteiger partial charge in [-0.3, -0.25) is 9.59 Å². The van der Waals surface area contributed by atoms with Gasteiger partial charge in [-0.05, 0) is 20.3 Å². The Hall–Kier alpha value is -2.51. The summed E-state index contributed by atoms with van der Waals surface area (Å²) in [6, 6.07) is -0.406. The summed E-state index contributed by atoms with van der Waals surface area (Å²) in [5.74, 6) is 0.589. The van der Waals surface area contributed by atoms with E-state index in [4.69, 9.17) is 0 Å². The van der Waals surface area contributed by atoms with Crippen LogP contribution in [0, 0.1) is 6.92 Å². The molecule has 0 saturated carbocycles. The highest BCUT2D eigenvalue weighted by Crippen LogP contribution is 2.14. The van der Waals surface area contributed by atoms with Gasteiger partial charge in [-0.2, -0.15) is 5.10 Å². The molecule has 0 radical (unpaired) electrons. The molecule has 0 aromatic carbocycles. The van der Waals surface area contributed by atoms with Crippen LogP contribution >= 0.6 is 0 Å². The maximum Gasteiger partial charge on any atom is 0.254 e. The van der Waals surface area contributed by atoms with Crippen LogP contribution < -0.4 is 5.56 Å². The monoisotopic (exact) mass is 302 g/mol. The lowest BCUT2D eigenvalue weighted by atomic mass is 10.1. The highest BCUT2D eigenvalue weighted by molar-refractivity contribution is 5.80. The zero-order valence-electron chi connectivity index (χ0n) is 12.6. The van der Waals surface area contributed by atoms with Gasteiger partial charge in [0.05, 0.1) is 5.69 Å². The Morgan fingerprint density at radius 1 is 1.36 bits per heavy atom. The summed E-state index contributed by atoms with van der Waals surface area (Å²) >= 11 is 0. The van der Waals surface area contributed by atoms with Gasteiger partial charge in [-0.25, -0.2) is 14.6 Å². The molecule has 1 atom stereocenters. The van der Waals surface area contributed by atoms with E-state index < -0.39 is 6.04 Å². The van der Waals surface area contributed by atoms with Crippen LogP contribution in [-0.4, -0.2) is 48.6 Å². The van der Waals surface area contributed by atoms with Gasteiger partial charge in [0.1, 0.15) is 24.5 Å². The van der Waals surface area contributed by atoms with Gasteiger partial charge in [0.15, 0.2) is 0 Å². The molecule has 3 heterocycles. The second kappa shape index (κ2) is 5.70. The lowest BCUT2D eigenvalue weighted by molar-refractivity contribution is -0.134. The van der Waals surface area contributed by atoms with Crippen molar-refractivity contribution in [1.29, 1.82) is 0 Å². The number of H-pyrrole nitrogens is 1. The summed E-state index contributed by atoms with van der Waals surface area (Å²) in [5, 5.41) is 4.01. The quantitative estimate of drug-likeness (QED) is 0.832. The lowest BCUT2D eigenvalue weighted by Crippen LogP contribution is -2.38. The lowest BCUT2D eigenvalue weighted by Gasteiger charge is -2.23. The van der Waals surface area contributed by atoms with E-state index in [9.17, 15) is 9.59 Å². The van der Waals surface area contributed by atoms with E-state index in [-0.39, 0.29) is 11.5 Å². The van der Waals surface area contributed by atoms with E-state index in [0.29, 0.717) is 37.3 Å². The molecule has 1 amide bonds. The smallest absolute Gasteiger partial charge is 0.254 e. The van der Waals surface area contributed by atoms with Crippen LogP contribution in [-0.2, 0) is 17.6 Å². The van der Waals surface area contributed by atoms with Gasteiger partial charge in [-0.1, -0.05) is 0 Å². The zero-order valence-corrected chi connectivity index (χ0v) is 12.6. The van der Waals surface area contributed by atoms with Crippen molar-refractivity contribution in [3.05, 3.63) is 40.1 Å². The maximum absolute atomic E-state index is 12.6. The number of amides is 1. The molecular formula is C14H18N6O2. The highest BCUT2D eigenvalue weighted by Gasteiger charge is 2.25. The molecule has 116 valence electrons. The Labute approximate surface area is 127 Å². The predicted octanol–water partition coefficient (Wildman–Crippen LogP) is -0.142. The van der Waals surface area contributed by atoms with Crippen LogP contribution in [0.4, 0.5) is 0 Å². The molecule has 3 rings (SSSR count). The van der Waals surface area contributed by atoms with Crippen molar-refractivity contribution in [3.63, 3.8) is 0 Å². The number of nitrogens with one attached hydrogen (secondary N) is 1. The van der Waals surface area contributed by atoms with Crippen molar-refractivity contribution in [2.24, 2.45) is 0 Å². The molecule has 2 aromatic rings. The largest absolute Gasteiger partial charge is 0.340 e. The van der Waals surface area contributed by atoms with Crippen LogP contribution in [0.5, 0.6) is 0 Å². The van der Waals surface area contributed by atoms with E-state index in [2.05, 4.69) is 20.1 Å². The number of aromatic amines is 1. The first-order valence-electron chi connectivity index (χ1n) is 7.28. The number of aryl methyl sites for hydroxylation is 1. The number of carbonyl (C=O) groups is 1. The molecular weight excluding hydrogens is 284 g/mol. The minimum absolute atomic E-state index is 0.0218. The molecule has 1 aliphatic heterocycles.